The molecule has 0 fully saturated rings. The number of fused-ring (bicyclic) bond motifs is 3. The van der Waals surface area contributed by atoms with Crippen molar-refractivity contribution in [2.45, 2.75) is 26.2 Å². The highest BCUT2D eigenvalue weighted by Gasteiger charge is 2.19. The Morgan fingerprint density at radius 3 is 1.67 bits per heavy atom. The van der Waals surface area contributed by atoms with Crippen LogP contribution in [0, 0.1) is 0 Å². The zero-order chi connectivity index (χ0) is 30.3. The first-order chi connectivity index (χ1) is 21.9. The Hall–Kier alpha value is -5.40. The summed E-state index contributed by atoms with van der Waals surface area (Å²) in [6.07, 6.45) is 0. The number of rotatable bonds is 3. The standard InChI is InChI=1S/C44H33N/c1-44(2,3)34-24-32-15-14-29-16-20-36(39-23-19-33(25-34)42(32)43(29)39)31-18-22-38-37-21-17-30(28-10-6-4-7-11-28)26-40(37)45(41(38)27-31)35-12-8-5-9-13-35/h4-27H,1-3H3. The summed E-state index contributed by atoms with van der Waals surface area (Å²) in [5.74, 6) is 0. The highest BCUT2D eigenvalue weighted by atomic mass is 15.0. The van der Waals surface area contributed by atoms with Gasteiger partial charge in [0.15, 0.2) is 0 Å². The van der Waals surface area contributed by atoms with Crippen molar-refractivity contribution in [1.29, 1.82) is 0 Å². The first kappa shape index (κ1) is 26.0. The van der Waals surface area contributed by atoms with Gasteiger partial charge in [0.2, 0.25) is 0 Å². The third kappa shape index (κ3) is 4.01. The van der Waals surface area contributed by atoms with Gasteiger partial charge in [-0.3, -0.25) is 0 Å². The predicted molar refractivity (Wildman–Crippen MR) is 194 cm³/mol. The molecule has 0 spiro atoms. The van der Waals surface area contributed by atoms with Crippen LogP contribution in [0.2, 0.25) is 0 Å². The van der Waals surface area contributed by atoms with Gasteiger partial charge in [0.1, 0.15) is 0 Å². The lowest BCUT2D eigenvalue weighted by molar-refractivity contribution is 0.591. The molecule has 0 saturated heterocycles. The molecule has 214 valence electrons. The van der Waals surface area contributed by atoms with Crippen LogP contribution in [0.15, 0.2) is 146 Å². The molecule has 0 aliphatic rings. The van der Waals surface area contributed by atoms with E-state index in [1.165, 1.54) is 87.6 Å². The van der Waals surface area contributed by atoms with Crippen LogP contribution < -0.4 is 0 Å². The Morgan fingerprint density at radius 1 is 0.422 bits per heavy atom. The van der Waals surface area contributed by atoms with Crippen LogP contribution in [0.4, 0.5) is 0 Å². The molecule has 1 heteroatoms. The van der Waals surface area contributed by atoms with Crippen molar-refractivity contribution in [3.63, 3.8) is 0 Å². The van der Waals surface area contributed by atoms with Gasteiger partial charge in [-0.2, -0.15) is 0 Å². The molecule has 0 unspecified atom stereocenters. The summed E-state index contributed by atoms with van der Waals surface area (Å²) in [6, 6.07) is 54.0. The Balaban J connectivity index is 1.31. The zero-order valence-corrected chi connectivity index (χ0v) is 25.8. The van der Waals surface area contributed by atoms with Gasteiger partial charge in [-0.05, 0) is 89.8 Å². The highest BCUT2D eigenvalue weighted by Crippen LogP contribution is 2.43. The average molecular weight is 576 g/mol. The van der Waals surface area contributed by atoms with E-state index in [2.05, 4.69) is 171 Å². The van der Waals surface area contributed by atoms with Crippen LogP contribution in [0.3, 0.4) is 0 Å². The largest absolute Gasteiger partial charge is 0.309 e. The van der Waals surface area contributed by atoms with Crippen molar-refractivity contribution in [2.24, 2.45) is 0 Å². The molecule has 0 aliphatic carbocycles. The molecule has 0 N–H and O–H groups in total. The number of benzene rings is 8. The second kappa shape index (κ2) is 9.55. The van der Waals surface area contributed by atoms with E-state index in [-0.39, 0.29) is 5.41 Å². The lowest BCUT2D eigenvalue weighted by atomic mass is 9.83. The summed E-state index contributed by atoms with van der Waals surface area (Å²) in [5.41, 5.74) is 10.1. The van der Waals surface area contributed by atoms with Crippen LogP contribution in [0.25, 0.3) is 82.1 Å². The topological polar surface area (TPSA) is 4.93 Å². The molecule has 0 aliphatic heterocycles. The summed E-state index contributed by atoms with van der Waals surface area (Å²) in [5, 5.41) is 10.5. The van der Waals surface area contributed by atoms with Crippen LogP contribution in [-0.2, 0) is 5.41 Å². The maximum atomic E-state index is 2.44. The van der Waals surface area contributed by atoms with E-state index in [1.807, 2.05) is 0 Å². The van der Waals surface area contributed by atoms with E-state index in [9.17, 15) is 0 Å². The second-order valence-electron chi connectivity index (χ2n) is 13.4. The Morgan fingerprint density at radius 2 is 0.978 bits per heavy atom. The Labute approximate surface area is 263 Å². The number of para-hydroxylation sites is 1. The SMILES string of the molecule is CC(C)(C)c1cc2ccc3ccc(-c4ccc5c6ccc(-c7ccccc7)cc6n(-c6ccccc6)c5c4)c4ccc(c1)c2c34. The smallest absolute Gasteiger partial charge is 0.0547 e. The predicted octanol–water partition coefficient (Wildman–Crippen LogP) is 12.3. The third-order valence-electron chi connectivity index (χ3n) is 9.67. The fourth-order valence-electron chi connectivity index (χ4n) is 7.36. The summed E-state index contributed by atoms with van der Waals surface area (Å²) < 4.78 is 2.44. The van der Waals surface area contributed by atoms with E-state index < -0.39 is 0 Å². The molecule has 0 saturated carbocycles. The fraction of sp³-hybridized carbons (Fsp3) is 0.0909. The molecule has 45 heavy (non-hydrogen) atoms. The van der Waals surface area contributed by atoms with Crippen molar-refractivity contribution in [1.82, 2.24) is 4.57 Å². The minimum atomic E-state index is 0.101. The van der Waals surface area contributed by atoms with Crippen molar-refractivity contribution < 1.29 is 0 Å². The first-order valence-corrected chi connectivity index (χ1v) is 15.9. The lowest BCUT2D eigenvalue weighted by Crippen LogP contribution is -2.10. The van der Waals surface area contributed by atoms with E-state index in [0.717, 1.165) is 0 Å². The van der Waals surface area contributed by atoms with Crippen molar-refractivity contribution in [2.75, 3.05) is 0 Å². The highest BCUT2D eigenvalue weighted by molar-refractivity contribution is 6.26. The molecule has 0 bridgehead atoms. The molecule has 0 radical (unpaired) electrons. The Bertz CT molecular complexity index is 2530. The molecule has 0 amide bonds. The number of nitrogens with zero attached hydrogens (tertiary/aromatic N) is 1. The van der Waals surface area contributed by atoms with Crippen LogP contribution in [0.1, 0.15) is 26.3 Å². The molecule has 1 heterocycles. The van der Waals surface area contributed by atoms with Gasteiger partial charge in [-0.15, -0.1) is 0 Å². The van der Waals surface area contributed by atoms with E-state index in [4.69, 9.17) is 0 Å². The molecular formula is C44H33N. The molecule has 8 aromatic carbocycles. The second-order valence-corrected chi connectivity index (χ2v) is 13.4. The maximum Gasteiger partial charge on any atom is 0.0547 e. The summed E-state index contributed by atoms with van der Waals surface area (Å²) in [6.45, 7) is 6.89. The van der Waals surface area contributed by atoms with Gasteiger partial charge < -0.3 is 4.57 Å². The number of hydrogen-bond acceptors (Lipinski definition) is 0. The number of hydrogen-bond donors (Lipinski definition) is 0. The average Bonchev–Trinajstić information content (AvgIpc) is 3.40. The van der Waals surface area contributed by atoms with Crippen molar-refractivity contribution in [3.05, 3.63) is 151 Å². The summed E-state index contributed by atoms with van der Waals surface area (Å²) in [7, 11) is 0. The zero-order valence-electron chi connectivity index (χ0n) is 25.8. The van der Waals surface area contributed by atoms with Crippen LogP contribution in [0.5, 0.6) is 0 Å². The Kier molecular flexibility index (Phi) is 5.53. The normalized spacial score (nSPS) is 12.3. The molecule has 9 aromatic rings. The van der Waals surface area contributed by atoms with E-state index >= 15 is 0 Å². The minimum absolute atomic E-state index is 0.101. The quantitative estimate of drug-likeness (QED) is 0.185. The molecule has 1 nitrogen and oxygen atoms in total. The van der Waals surface area contributed by atoms with Gasteiger partial charge in [-0.25, -0.2) is 0 Å². The van der Waals surface area contributed by atoms with E-state index in [1.54, 1.807) is 0 Å². The van der Waals surface area contributed by atoms with Crippen LogP contribution in [-0.4, -0.2) is 4.57 Å². The van der Waals surface area contributed by atoms with Crippen molar-refractivity contribution >= 4 is 54.1 Å². The summed E-state index contributed by atoms with van der Waals surface area (Å²) >= 11 is 0. The summed E-state index contributed by atoms with van der Waals surface area (Å²) in [4.78, 5) is 0. The van der Waals surface area contributed by atoms with Gasteiger partial charge in [0, 0.05) is 16.5 Å². The lowest BCUT2D eigenvalue weighted by Gasteiger charge is -2.22. The molecular weight excluding hydrogens is 542 g/mol. The van der Waals surface area contributed by atoms with E-state index in [0.29, 0.717) is 0 Å². The molecule has 1 aromatic heterocycles. The number of aromatic nitrogens is 1. The van der Waals surface area contributed by atoms with Crippen molar-refractivity contribution in [3.8, 4) is 27.9 Å². The van der Waals surface area contributed by atoms with Crippen LogP contribution >= 0.6 is 0 Å². The fourth-order valence-corrected chi connectivity index (χ4v) is 7.36. The maximum absolute atomic E-state index is 2.44. The molecule has 9 rings (SSSR count). The monoisotopic (exact) mass is 575 g/mol. The third-order valence-corrected chi connectivity index (χ3v) is 9.67. The minimum Gasteiger partial charge on any atom is -0.309 e. The van der Waals surface area contributed by atoms with Gasteiger partial charge >= 0.3 is 0 Å². The van der Waals surface area contributed by atoms with Gasteiger partial charge in [0.05, 0.1) is 11.0 Å². The first-order valence-electron chi connectivity index (χ1n) is 15.9. The molecule has 0 atom stereocenters. The van der Waals surface area contributed by atoms with Gasteiger partial charge in [-0.1, -0.05) is 142 Å². The van der Waals surface area contributed by atoms with Gasteiger partial charge in [0.25, 0.3) is 0 Å².